The van der Waals surface area contributed by atoms with Gasteiger partial charge in [-0.05, 0) is 44.2 Å². The minimum absolute atomic E-state index is 0.481. The Bertz CT molecular complexity index is 671. The molecule has 2 aliphatic carbocycles. The van der Waals surface area contributed by atoms with E-state index in [-0.39, 0.29) is 0 Å². The first kappa shape index (κ1) is 12.5. The fourth-order valence-electron chi connectivity index (χ4n) is 3.11. The van der Waals surface area contributed by atoms with Gasteiger partial charge in [0.25, 0.3) is 0 Å². The van der Waals surface area contributed by atoms with Gasteiger partial charge in [0.05, 0.1) is 0 Å². The monoisotopic (exact) mass is 278 g/mol. The predicted molar refractivity (Wildman–Crippen MR) is 83.1 cm³/mol. The third-order valence-corrected chi connectivity index (χ3v) is 4.22. The van der Waals surface area contributed by atoms with Crippen molar-refractivity contribution >= 4 is 5.82 Å². The van der Waals surface area contributed by atoms with E-state index in [1.54, 1.807) is 12.4 Å². The maximum absolute atomic E-state index is 4.80. The van der Waals surface area contributed by atoms with E-state index in [9.17, 15) is 0 Å². The van der Waals surface area contributed by atoms with Crippen LogP contribution in [-0.4, -0.2) is 21.0 Å². The highest BCUT2D eigenvalue weighted by molar-refractivity contribution is 5.60. The summed E-state index contributed by atoms with van der Waals surface area (Å²) in [4.78, 5) is 13.6. The van der Waals surface area contributed by atoms with Gasteiger partial charge in [-0.1, -0.05) is 12.2 Å². The van der Waals surface area contributed by atoms with Crippen molar-refractivity contribution in [3.8, 4) is 11.4 Å². The summed E-state index contributed by atoms with van der Waals surface area (Å²) in [5, 5.41) is 3.62. The van der Waals surface area contributed by atoms with Crippen LogP contribution in [0.4, 0.5) is 5.82 Å². The van der Waals surface area contributed by atoms with Gasteiger partial charge in [-0.25, -0.2) is 9.97 Å². The van der Waals surface area contributed by atoms with Crippen molar-refractivity contribution in [2.75, 3.05) is 5.32 Å². The first-order valence-electron chi connectivity index (χ1n) is 7.62. The normalized spacial score (nSPS) is 17.1. The lowest BCUT2D eigenvalue weighted by atomic mass is 10.1. The maximum Gasteiger partial charge on any atom is 0.161 e. The van der Waals surface area contributed by atoms with Crippen LogP contribution in [0, 0.1) is 0 Å². The molecule has 2 heterocycles. The quantitative estimate of drug-likeness (QED) is 0.876. The molecular weight excluding hydrogens is 260 g/mol. The molecule has 106 valence electrons. The van der Waals surface area contributed by atoms with Gasteiger partial charge in [0, 0.05) is 35.3 Å². The topological polar surface area (TPSA) is 50.7 Å². The number of nitrogens with one attached hydrogen (secondary N) is 1. The van der Waals surface area contributed by atoms with Crippen LogP contribution >= 0.6 is 0 Å². The van der Waals surface area contributed by atoms with Crippen molar-refractivity contribution in [3.05, 3.63) is 47.9 Å². The van der Waals surface area contributed by atoms with Crippen molar-refractivity contribution < 1.29 is 0 Å². The number of nitrogens with zero attached hydrogens (tertiary/aromatic N) is 3. The zero-order valence-electron chi connectivity index (χ0n) is 11.9. The molecule has 0 fully saturated rings. The Labute approximate surface area is 124 Å². The Hall–Kier alpha value is -2.23. The first-order chi connectivity index (χ1) is 10.4. The summed E-state index contributed by atoms with van der Waals surface area (Å²) in [6, 6.07) is 4.42. The predicted octanol–water partition coefficient (Wildman–Crippen LogP) is 3.16. The van der Waals surface area contributed by atoms with Crippen LogP contribution in [-0.2, 0) is 12.8 Å². The van der Waals surface area contributed by atoms with Gasteiger partial charge >= 0.3 is 0 Å². The molecule has 2 aliphatic rings. The largest absolute Gasteiger partial charge is 0.366 e. The molecule has 4 heteroatoms. The van der Waals surface area contributed by atoms with Crippen LogP contribution in [0.15, 0.2) is 36.7 Å². The number of hydrogen-bond donors (Lipinski definition) is 1. The van der Waals surface area contributed by atoms with Gasteiger partial charge in [-0.15, -0.1) is 0 Å². The van der Waals surface area contributed by atoms with Crippen molar-refractivity contribution in [2.45, 2.75) is 38.1 Å². The van der Waals surface area contributed by atoms with E-state index in [4.69, 9.17) is 9.97 Å². The van der Waals surface area contributed by atoms with E-state index >= 15 is 0 Å². The van der Waals surface area contributed by atoms with Gasteiger partial charge in [0.1, 0.15) is 5.82 Å². The molecule has 0 spiro atoms. The maximum atomic E-state index is 4.80. The number of fused-ring (bicyclic) bond motifs is 1. The van der Waals surface area contributed by atoms with E-state index in [0.29, 0.717) is 6.04 Å². The Kier molecular flexibility index (Phi) is 3.14. The molecule has 0 saturated carbocycles. The lowest BCUT2D eigenvalue weighted by molar-refractivity contribution is 0.776. The van der Waals surface area contributed by atoms with Crippen molar-refractivity contribution in [3.63, 3.8) is 0 Å². The van der Waals surface area contributed by atoms with Crippen LogP contribution in [0.5, 0.6) is 0 Å². The highest BCUT2D eigenvalue weighted by Gasteiger charge is 2.22. The summed E-state index contributed by atoms with van der Waals surface area (Å²) >= 11 is 0. The minimum atomic E-state index is 0.481. The van der Waals surface area contributed by atoms with Crippen LogP contribution < -0.4 is 5.32 Å². The number of pyridine rings is 1. The fourth-order valence-corrected chi connectivity index (χ4v) is 3.11. The van der Waals surface area contributed by atoms with Crippen LogP contribution in [0.2, 0.25) is 0 Å². The standard InChI is InChI=1S/C17H18N4/c1-2-5-13(4-1)19-17-14-6-3-7-15(14)20-16(21-17)12-8-10-18-11-9-12/h1-2,8-11,13H,3-7H2,(H,19,20,21). The van der Waals surface area contributed by atoms with Gasteiger partial charge < -0.3 is 5.32 Å². The molecule has 0 radical (unpaired) electrons. The van der Waals surface area contributed by atoms with Crippen molar-refractivity contribution in [2.24, 2.45) is 0 Å². The molecule has 0 atom stereocenters. The Balaban J connectivity index is 1.73. The molecule has 0 aromatic carbocycles. The summed E-state index contributed by atoms with van der Waals surface area (Å²) in [5.74, 6) is 1.85. The fraction of sp³-hybridized carbons (Fsp3) is 0.353. The summed E-state index contributed by atoms with van der Waals surface area (Å²) in [5.41, 5.74) is 3.57. The zero-order chi connectivity index (χ0) is 14.1. The third-order valence-electron chi connectivity index (χ3n) is 4.22. The molecule has 4 nitrogen and oxygen atoms in total. The average molecular weight is 278 g/mol. The number of rotatable bonds is 3. The molecule has 1 N–H and O–H groups in total. The van der Waals surface area contributed by atoms with Crippen LogP contribution in [0.25, 0.3) is 11.4 Å². The third kappa shape index (κ3) is 2.42. The molecule has 2 aromatic heterocycles. The zero-order valence-corrected chi connectivity index (χ0v) is 11.9. The van der Waals surface area contributed by atoms with Gasteiger partial charge in [0.15, 0.2) is 5.82 Å². The van der Waals surface area contributed by atoms with E-state index in [1.165, 1.54) is 17.7 Å². The molecule has 21 heavy (non-hydrogen) atoms. The highest BCUT2D eigenvalue weighted by Crippen LogP contribution is 2.30. The SMILES string of the molecule is C1=CCC(Nc2nc(-c3ccncc3)nc3c2CCC3)C1. The second kappa shape index (κ2) is 5.28. The number of aryl methyl sites for hydroxylation is 1. The van der Waals surface area contributed by atoms with Gasteiger partial charge in [-0.3, -0.25) is 4.98 Å². The molecule has 0 saturated heterocycles. The van der Waals surface area contributed by atoms with E-state index in [1.807, 2.05) is 12.1 Å². The highest BCUT2D eigenvalue weighted by atomic mass is 15.1. The Morgan fingerprint density at radius 1 is 1.00 bits per heavy atom. The van der Waals surface area contributed by atoms with Crippen molar-refractivity contribution in [1.82, 2.24) is 15.0 Å². The lowest BCUT2D eigenvalue weighted by Crippen LogP contribution is -2.18. The molecule has 0 bridgehead atoms. The summed E-state index contributed by atoms with van der Waals surface area (Å²) in [6.45, 7) is 0. The summed E-state index contributed by atoms with van der Waals surface area (Å²) < 4.78 is 0. The second-order valence-corrected chi connectivity index (χ2v) is 5.69. The van der Waals surface area contributed by atoms with E-state index in [2.05, 4.69) is 22.5 Å². The molecule has 4 rings (SSSR count). The second-order valence-electron chi connectivity index (χ2n) is 5.69. The summed E-state index contributed by atoms with van der Waals surface area (Å²) in [6.07, 6.45) is 13.6. The van der Waals surface area contributed by atoms with E-state index in [0.717, 1.165) is 42.9 Å². The Morgan fingerprint density at radius 2 is 1.81 bits per heavy atom. The van der Waals surface area contributed by atoms with Crippen LogP contribution in [0.1, 0.15) is 30.5 Å². The lowest BCUT2D eigenvalue weighted by Gasteiger charge is -2.16. The number of hydrogen-bond acceptors (Lipinski definition) is 4. The molecular formula is C17H18N4. The first-order valence-corrected chi connectivity index (χ1v) is 7.62. The van der Waals surface area contributed by atoms with E-state index < -0.39 is 0 Å². The minimum Gasteiger partial charge on any atom is -0.366 e. The van der Waals surface area contributed by atoms with Crippen LogP contribution in [0.3, 0.4) is 0 Å². The Morgan fingerprint density at radius 3 is 2.62 bits per heavy atom. The molecule has 0 amide bonds. The van der Waals surface area contributed by atoms with Crippen molar-refractivity contribution in [1.29, 1.82) is 0 Å². The van der Waals surface area contributed by atoms with Gasteiger partial charge in [0.2, 0.25) is 0 Å². The summed E-state index contributed by atoms with van der Waals surface area (Å²) in [7, 11) is 0. The van der Waals surface area contributed by atoms with Gasteiger partial charge in [-0.2, -0.15) is 0 Å². The molecule has 0 unspecified atom stereocenters. The average Bonchev–Trinajstić information content (AvgIpc) is 3.19. The smallest absolute Gasteiger partial charge is 0.161 e. The molecule has 0 aliphatic heterocycles. The number of anilines is 1. The number of aromatic nitrogens is 3. The molecule has 2 aromatic rings.